The number of rotatable bonds is 8. The molecule has 134 valence electrons. The topological polar surface area (TPSA) is 71.3 Å². The summed E-state index contributed by atoms with van der Waals surface area (Å²) in [6.07, 6.45) is 3.69. The van der Waals surface area contributed by atoms with Crippen LogP contribution in [0.15, 0.2) is 52.4 Å². The van der Waals surface area contributed by atoms with Crippen LogP contribution in [-0.2, 0) is 13.1 Å². The molecule has 0 amide bonds. The summed E-state index contributed by atoms with van der Waals surface area (Å²) < 4.78 is 1.82. The third-order valence-electron chi connectivity index (χ3n) is 3.84. The van der Waals surface area contributed by atoms with Gasteiger partial charge in [-0.25, -0.2) is 4.99 Å². The first kappa shape index (κ1) is 18.7. The Morgan fingerprint density at radius 2 is 2.04 bits per heavy atom. The fraction of sp³-hybridized carbons (Fsp3) is 0.421. The van der Waals surface area contributed by atoms with Crippen molar-refractivity contribution in [3.63, 3.8) is 0 Å². The molecule has 0 spiro atoms. The Morgan fingerprint density at radius 1 is 1.16 bits per heavy atom. The van der Waals surface area contributed by atoms with E-state index >= 15 is 0 Å². The Labute approximate surface area is 149 Å². The van der Waals surface area contributed by atoms with E-state index < -0.39 is 0 Å². The largest absolute Gasteiger partial charge is 0.357 e. The summed E-state index contributed by atoms with van der Waals surface area (Å²) in [5.74, 6) is 0.793. The first-order valence-electron chi connectivity index (χ1n) is 8.79. The van der Waals surface area contributed by atoms with Gasteiger partial charge in [-0.15, -0.1) is 0 Å². The van der Waals surface area contributed by atoms with Gasteiger partial charge in [0.15, 0.2) is 5.96 Å². The number of pyridine rings is 2. The lowest BCUT2D eigenvalue weighted by Gasteiger charge is -2.12. The van der Waals surface area contributed by atoms with Crippen molar-refractivity contribution in [2.45, 2.75) is 39.8 Å². The lowest BCUT2D eigenvalue weighted by molar-refractivity contribution is 0.575. The molecule has 2 aromatic rings. The number of hydrogen-bond acceptors (Lipinski definition) is 3. The third-order valence-corrected chi connectivity index (χ3v) is 3.84. The van der Waals surface area contributed by atoms with Crippen molar-refractivity contribution in [1.29, 1.82) is 0 Å². The van der Waals surface area contributed by atoms with Gasteiger partial charge in [-0.2, -0.15) is 0 Å². The molecule has 0 unspecified atom stereocenters. The maximum Gasteiger partial charge on any atom is 0.250 e. The van der Waals surface area contributed by atoms with Crippen LogP contribution in [-0.4, -0.2) is 28.6 Å². The van der Waals surface area contributed by atoms with E-state index in [2.05, 4.69) is 20.6 Å². The number of aliphatic imine (C=N–C) groups is 1. The van der Waals surface area contributed by atoms with Crippen molar-refractivity contribution in [2.75, 3.05) is 13.1 Å². The molecular formula is C19H27N5O. The minimum Gasteiger partial charge on any atom is -0.357 e. The highest BCUT2D eigenvalue weighted by Gasteiger charge is 2.00. The number of aryl methyl sites for hydroxylation is 1. The number of nitrogens with one attached hydrogen (secondary N) is 2. The lowest BCUT2D eigenvalue weighted by Crippen LogP contribution is -2.37. The summed E-state index contributed by atoms with van der Waals surface area (Å²) in [6, 6.07) is 11.2. The zero-order valence-electron chi connectivity index (χ0n) is 15.0. The monoisotopic (exact) mass is 341 g/mol. The molecule has 0 bridgehead atoms. The van der Waals surface area contributed by atoms with Crippen LogP contribution in [0.25, 0.3) is 0 Å². The average Bonchev–Trinajstić information content (AvgIpc) is 2.62. The summed E-state index contributed by atoms with van der Waals surface area (Å²) in [7, 11) is 0. The summed E-state index contributed by atoms with van der Waals surface area (Å²) >= 11 is 0. The maximum absolute atomic E-state index is 11.8. The van der Waals surface area contributed by atoms with Gasteiger partial charge in [0.2, 0.25) is 0 Å². The Bertz CT molecular complexity index is 724. The standard InChI is InChI=1S/C19H27N5O/c1-3-20-19(23-15-17-10-4-5-12-21-17)22-13-6-7-14-24-16(2)9-8-11-18(24)25/h4-5,8-12H,3,6-7,13-15H2,1-2H3,(H2,20,22,23). The molecule has 6 nitrogen and oxygen atoms in total. The summed E-state index contributed by atoms with van der Waals surface area (Å²) in [6.45, 7) is 6.93. The quantitative estimate of drug-likeness (QED) is 0.438. The fourth-order valence-corrected chi connectivity index (χ4v) is 2.51. The molecule has 0 aliphatic carbocycles. The van der Waals surface area contributed by atoms with Crippen molar-refractivity contribution < 1.29 is 0 Å². The van der Waals surface area contributed by atoms with Gasteiger partial charge < -0.3 is 15.2 Å². The highest BCUT2D eigenvalue weighted by Crippen LogP contribution is 1.98. The molecule has 0 saturated carbocycles. The summed E-state index contributed by atoms with van der Waals surface area (Å²) in [4.78, 5) is 20.6. The number of nitrogens with zero attached hydrogens (tertiary/aromatic N) is 3. The molecule has 0 saturated heterocycles. The second kappa shape index (κ2) is 10.3. The molecule has 25 heavy (non-hydrogen) atoms. The van der Waals surface area contributed by atoms with Crippen molar-refractivity contribution >= 4 is 5.96 Å². The number of aromatic nitrogens is 2. The highest BCUT2D eigenvalue weighted by molar-refractivity contribution is 5.79. The Balaban J connectivity index is 1.76. The van der Waals surface area contributed by atoms with Gasteiger partial charge >= 0.3 is 0 Å². The van der Waals surface area contributed by atoms with Crippen molar-refractivity contribution in [3.05, 3.63) is 64.3 Å². The summed E-state index contributed by atoms with van der Waals surface area (Å²) in [5.41, 5.74) is 2.02. The smallest absolute Gasteiger partial charge is 0.250 e. The van der Waals surface area contributed by atoms with E-state index in [0.717, 1.165) is 49.8 Å². The zero-order chi connectivity index (χ0) is 17.9. The predicted octanol–water partition coefficient (Wildman–Crippen LogP) is 2.09. The number of unbranched alkanes of at least 4 members (excludes halogenated alkanes) is 1. The van der Waals surface area contributed by atoms with E-state index in [1.54, 1.807) is 18.3 Å². The fourth-order valence-electron chi connectivity index (χ4n) is 2.51. The molecule has 6 heteroatoms. The average molecular weight is 341 g/mol. The molecule has 2 N–H and O–H groups in total. The Hall–Kier alpha value is -2.63. The van der Waals surface area contributed by atoms with Crippen LogP contribution in [0.5, 0.6) is 0 Å². The second-order valence-electron chi connectivity index (χ2n) is 5.81. The maximum atomic E-state index is 11.8. The van der Waals surface area contributed by atoms with Crippen molar-refractivity contribution in [1.82, 2.24) is 20.2 Å². The Morgan fingerprint density at radius 3 is 2.76 bits per heavy atom. The first-order chi connectivity index (χ1) is 12.2. The number of hydrogen-bond donors (Lipinski definition) is 2. The van der Waals surface area contributed by atoms with Gasteiger partial charge in [0.1, 0.15) is 0 Å². The molecular weight excluding hydrogens is 314 g/mol. The van der Waals surface area contributed by atoms with Gasteiger partial charge in [-0.1, -0.05) is 12.1 Å². The van der Waals surface area contributed by atoms with E-state index in [-0.39, 0.29) is 5.56 Å². The molecule has 2 aromatic heterocycles. The highest BCUT2D eigenvalue weighted by atomic mass is 16.1. The molecule has 0 aliphatic rings. The van der Waals surface area contributed by atoms with Crippen LogP contribution in [0, 0.1) is 6.92 Å². The van der Waals surface area contributed by atoms with E-state index in [0.29, 0.717) is 6.54 Å². The minimum absolute atomic E-state index is 0.0678. The predicted molar refractivity (Wildman–Crippen MR) is 102 cm³/mol. The van der Waals surface area contributed by atoms with Crippen LogP contribution in [0.4, 0.5) is 0 Å². The van der Waals surface area contributed by atoms with E-state index in [1.807, 2.05) is 42.7 Å². The molecule has 0 atom stereocenters. The van der Waals surface area contributed by atoms with Gasteiger partial charge in [0, 0.05) is 37.6 Å². The van der Waals surface area contributed by atoms with Crippen molar-refractivity contribution in [3.8, 4) is 0 Å². The van der Waals surface area contributed by atoms with Gasteiger partial charge in [-0.05, 0) is 44.9 Å². The van der Waals surface area contributed by atoms with E-state index in [4.69, 9.17) is 0 Å². The third kappa shape index (κ3) is 6.41. The van der Waals surface area contributed by atoms with Crippen LogP contribution < -0.4 is 16.2 Å². The van der Waals surface area contributed by atoms with E-state index in [1.165, 1.54) is 0 Å². The van der Waals surface area contributed by atoms with Gasteiger partial charge in [0.25, 0.3) is 5.56 Å². The van der Waals surface area contributed by atoms with Crippen LogP contribution in [0.2, 0.25) is 0 Å². The number of guanidine groups is 1. The first-order valence-corrected chi connectivity index (χ1v) is 8.79. The van der Waals surface area contributed by atoms with Crippen LogP contribution >= 0.6 is 0 Å². The minimum atomic E-state index is 0.0678. The molecule has 0 fully saturated rings. The molecule has 0 aromatic carbocycles. The molecule has 2 rings (SSSR count). The zero-order valence-corrected chi connectivity index (χ0v) is 15.0. The van der Waals surface area contributed by atoms with E-state index in [9.17, 15) is 4.79 Å². The van der Waals surface area contributed by atoms with Crippen LogP contribution in [0.3, 0.4) is 0 Å². The second-order valence-corrected chi connectivity index (χ2v) is 5.81. The summed E-state index contributed by atoms with van der Waals surface area (Å²) in [5, 5.41) is 6.57. The van der Waals surface area contributed by atoms with Gasteiger partial charge in [-0.3, -0.25) is 9.78 Å². The lowest BCUT2D eigenvalue weighted by atomic mass is 10.3. The van der Waals surface area contributed by atoms with Gasteiger partial charge in [0.05, 0.1) is 12.2 Å². The molecule has 2 heterocycles. The Kier molecular flexibility index (Phi) is 7.69. The van der Waals surface area contributed by atoms with Crippen molar-refractivity contribution in [2.24, 2.45) is 4.99 Å². The molecule has 0 radical (unpaired) electrons. The molecule has 0 aliphatic heterocycles. The normalized spacial score (nSPS) is 11.4. The van der Waals surface area contributed by atoms with Crippen LogP contribution in [0.1, 0.15) is 31.2 Å². The SMILES string of the molecule is CCNC(=NCc1ccccn1)NCCCCn1c(C)cccc1=O.